The summed E-state index contributed by atoms with van der Waals surface area (Å²) in [4.78, 5) is 17.4. The van der Waals surface area contributed by atoms with Gasteiger partial charge in [-0.3, -0.25) is 4.79 Å². The fourth-order valence-corrected chi connectivity index (χ4v) is 3.48. The number of nitrogens with zero attached hydrogens (tertiary/aromatic N) is 3. The van der Waals surface area contributed by atoms with Gasteiger partial charge in [0.1, 0.15) is 5.75 Å². The SMILES string of the molecule is CN(C)S(=O)(=O)C[C@@H]1CN(C(=O)c2ncccc2O)C[C@H]1O. The molecule has 2 rings (SSSR count). The zero-order chi connectivity index (χ0) is 16.5. The molecule has 0 unspecified atom stereocenters. The fourth-order valence-electron chi connectivity index (χ4n) is 2.31. The smallest absolute Gasteiger partial charge is 0.276 e. The van der Waals surface area contributed by atoms with E-state index < -0.39 is 28.0 Å². The lowest BCUT2D eigenvalue weighted by Crippen LogP contribution is -2.33. The number of β-amino-alcohol motifs (C(OH)–C–C–N with tert-alkyl or cyclic N) is 1. The maximum Gasteiger partial charge on any atom is 0.276 e. The first-order valence-electron chi connectivity index (χ1n) is 6.74. The number of aromatic hydroxyl groups is 1. The number of rotatable bonds is 4. The molecule has 0 radical (unpaired) electrons. The van der Waals surface area contributed by atoms with E-state index >= 15 is 0 Å². The molecular formula is C13H19N3O5S. The Bertz CT molecular complexity index is 661. The van der Waals surface area contributed by atoms with E-state index in [9.17, 15) is 23.4 Å². The topological polar surface area (TPSA) is 111 Å². The molecule has 1 aromatic rings. The number of hydrogen-bond acceptors (Lipinski definition) is 6. The largest absolute Gasteiger partial charge is 0.505 e. The second-order valence-electron chi connectivity index (χ2n) is 5.47. The van der Waals surface area contributed by atoms with Crippen LogP contribution in [0.15, 0.2) is 18.3 Å². The normalized spacial score (nSPS) is 22.3. The van der Waals surface area contributed by atoms with Crippen LogP contribution >= 0.6 is 0 Å². The molecule has 2 atom stereocenters. The Morgan fingerprint density at radius 1 is 1.45 bits per heavy atom. The van der Waals surface area contributed by atoms with Crippen LogP contribution in [0.5, 0.6) is 5.75 Å². The van der Waals surface area contributed by atoms with E-state index in [0.717, 1.165) is 4.31 Å². The van der Waals surface area contributed by atoms with Crippen LogP contribution in [0.3, 0.4) is 0 Å². The van der Waals surface area contributed by atoms with E-state index in [0.29, 0.717) is 0 Å². The molecule has 2 heterocycles. The van der Waals surface area contributed by atoms with Crippen LogP contribution < -0.4 is 0 Å². The van der Waals surface area contributed by atoms with Gasteiger partial charge in [0.2, 0.25) is 10.0 Å². The molecule has 2 N–H and O–H groups in total. The monoisotopic (exact) mass is 329 g/mol. The first-order valence-corrected chi connectivity index (χ1v) is 8.35. The number of pyridine rings is 1. The highest BCUT2D eigenvalue weighted by Crippen LogP contribution is 2.23. The van der Waals surface area contributed by atoms with Crippen molar-refractivity contribution < 1.29 is 23.4 Å². The van der Waals surface area contributed by atoms with Gasteiger partial charge in [-0.1, -0.05) is 0 Å². The van der Waals surface area contributed by atoms with Gasteiger partial charge in [0.05, 0.1) is 11.9 Å². The maximum atomic E-state index is 12.3. The van der Waals surface area contributed by atoms with Crippen LogP contribution in [0.4, 0.5) is 0 Å². The highest BCUT2D eigenvalue weighted by Gasteiger charge is 2.38. The zero-order valence-corrected chi connectivity index (χ0v) is 13.2. The molecule has 0 saturated carbocycles. The predicted molar refractivity (Wildman–Crippen MR) is 78.8 cm³/mol. The Balaban J connectivity index is 2.11. The average molecular weight is 329 g/mol. The zero-order valence-electron chi connectivity index (χ0n) is 12.4. The van der Waals surface area contributed by atoms with Crippen molar-refractivity contribution in [3.05, 3.63) is 24.0 Å². The van der Waals surface area contributed by atoms with E-state index in [1.165, 1.54) is 37.3 Å². The summed E-state index contributed by atoms with van der Waals surface area (Å²) in [6, 6.07) is 2.85. The number of likely N-dealkylation sites (tertiary alicyclic amines) is 1. The van der Waals surface area contributed by atoms with Crippen LogP contribution in [-0.4, -0.2) is 77.8 Å². The summed E-state index contributed by atoms with van der Waals surface area (Å²) in [6.07, 6.45) is 0.456. The minimum Gasteiger partial charge on any atom is -0.505 e. The van der Waals surface area contributed by atoms with Crippen molar-refractivity contribution in [1.29, 1.82) is 0 Å². The highest BCUT2D eigenvalue weighted by atomic mass is 32.2. The molecule has 1 saturated heterocycles. The lowest BCUT2D eigenvalue weighted by Gasteiger charge is -2.18. The summed E-state index contributed by atoms with van der Waals surface area (Å²) in [6.45, 7) is 0.117. The van der Waals surface area contributed by atoms with Crippen molar-refractivity contribution in [2.45, 2.75) is 6.10 Å². The summed E-state index contributed by atoms with van der Waals surface area (Å²) in [7, 11) is -0.622. The van der Waals surface area contributed by atoms with E-state index in [1.54, 1.807) is 0 Å². The minimum absolute atomic E-state index is 0.0163. The van der Waals surface area contributed by atoms with E-state index in [-0.39, 0.29) is 30.3 Å². The molecule has 1 aliphatic rings. The molecule has 0 aromatic carbocycles. The fraction of sp³-hybridized carbons (Fsp3) is 0.538. The molecule has 122 valence electrons. The summed E-state index contributed by atoms with van der Waals surface area (Å²) >= 11 is 0. The van der Waals surface area contributed by atoms with Crippen molar-refractivity contribution >= 4 is 15.9 Å². The third-order valence-corrected chi connectivity index (χ3v) is 5.63. The summed E-state index contributed by atoms with van der Waals surface area (Å²) < 4.78 is 24.9. The number of hydrogen-bond donors (Lipinski definition) is 2. The summed E-state index contributed by atoms with van der Waals surface area (Å²) in [5, 5.41) is 19.7. The van der Waals surface area contributed by atoms with E-state index in [2.05, 4.69) is 4.98 Å². The highest BCUT2D eigenvalue weighted by molar-refractivity contribution is 7.89. The Morgan fingerprint density at radius 3 is 2.73 bits per heavy atom. The molecule has 8 nitrogen and oxygen atoms in total. The van der Waals surface area contributed by atoms with Crippen LogP contribution in [0.25, 0.3) is 0 Å². The van der Waals surface area contributed by atoms with Crippen molar-refractivity contribution in [2.24, 2.45) is 5.92 Å². The van der Waals surface area contributed by atoms with Crippen LogP contribution in [-0.2, 0) is 10.0 Å². The van der Waals surface area contributed by atoms with E-state index in [1.807, 2.05) is 0 Å². The minimum atomic E-state index is -3.47. The summed E-state index contributed by atoms with van der Waals surface area (Å²) in [5.41, 5.74) is -0.106. The number of sulfonamides is 1. The first kappa shape index (κ1) is 16.7. The molecule has 0 bridgehead atoms. The maximum absolute atomic E-state index is 12.3. The average Bonchev–Trinajstić information content (AvgIpc) is 2.79. The number of carbonyl (C=O) groups excluding carboxylic acids is 1. The molecule has 1 aliphatic heterocycles. The Hall–Kier alpha value is -1.71. The van der Waals surface area contributed by atoms with Gasteiger partial charge >= 0.3 is 0 Å². The van der Waals surface area contributed by atoms with Crippen LogP contribution in [0, 0.1) is 5.92 Å². The Kier molecular flexibility index (Phi) is 4.69. The van der Waals surface area contributed by atoms with E-state index in [4.69, 9.17) is 0 Å². The molecule has 22 heavy (non-hydrogen) atoms. The molecule has 9 heteroatoms. The number of aliphatic hydroxyl groups is 1. The third kappa shape index (κ3) is 3.37. The van der Waals surface area contributed by atoms with Gasteiger partial charge in [-0.2, -0.15) is 0 Å². The molecule has 1 fully saturated rings. The lowest BCUT2D eigenvalue weighted by atomic mass is 10.1. The van der Waals surface area contributed by atoms with Crippen LogP contribution in [0.2, 0.25) is 0 Å². The third-order valence-electron chi connectivity index (χ3n) is 3.66. The van der Waals surface area contributed by atoms with Gasteiger partial charge in [0.15, 0.2) is 5.69 Å². The second-order valence-corrected chi connectivity index (χ2v) is 7.70. The molecule has 0 spiro atoms. The number of aromatic nitrogens is 1. The van der Waals surface area contributed by atoms with Gasteiger partial charge in [-0.15, -0.1) is 0 Å². The van der Waals surface area contributed by atoms with Gasteiger partial charge < -0.3 is 15.1 Å². The second kappa shape index (κ2) is 6.19. The van der Waals surface area contributed by atoms with Crippen LogP contribution in [0.1, 0.15) is 10.5 Å². The van der Waals surface area contributed by atoms with Crippen molar-refractivity contribution in [2.75, 3.05) is 32.9 Å². The van der Waals surface area contributed by atoms with Gasteiger partial charge in [0, 0.05) is 39.3 Å². The van der Waals surface area contributed by atoms with Gasteiger partial charge in [0.25, 0.3) is 5.91 Å². The van der Waals surface area contributed by atoms with Crippen molar-refractivity contribution in [3.63, 3.8) is 0 Å². The Labute approximate surface area is 129 Å². The number of carbonyl (C=O) groups is 1. The first-order chi connectivity index (χ1) is 10.2. The molecule has 1 amide bonds. The summed E-state index contributed by atoms with van der Waals surface area (Å²) in [5.74, 6) is -1.57. The van der Waals surface area contributed by atoms with Crippen molar-refractivity contribution in [3.8, 4) is 5.75 Å². The molecule has 0 aliphatic carbocycles. The standard InChI is InChI=1S/C13H19N3O5S/c1-15(2)22(20,21)8-9-6-16(7-11(9)18)13(19)12-10(17)4-3-5-14-12/h3-5,9,11,17-18H,6-8H2,1-2H3/t9-,11+/m0/s1. The Morgan fingerprint density at radius 2 is 2.14 bits per heavy atom. The number of aliphatic hydroxyl groups excluding tert-OH is 1. The quantitative estimate of drug-likeness (QED) is 0.741. The van der Waals surface area contributed by atoms with Crippen molar-refractivity contribution in [1.82, 2.24) is 14.2 Å². The number of amides is 1. The van der Waals surface area contributed by atoms with Gasteiger partial charge in [-0.05, 0) is 12.1 Å². The lowest BCUT2D eigenvalue weighted by molar-refractivity contribution is 0.0755. The van der Waals surface area contributed by atoms with Gasteiger partial charge in [-0.25, -0.2) is 17.7 Å². The molecular weight excluding hydrogens is 310 g/mol. The predicted octanol–water partition coefficient (Wildman–Crippen LogP) is -0.888. The molecule has 1 aromatic heterocycles.